The molecule has 2 rings (SSSR count). The molecule has 2 amide bonds. The number of rotatable bonds is 6. The Morgan fingerprint density at radius 2 is 2.09 bits per heavy atom. The van der Waals surface area contributed by atoms with Crippen molar-refractivity contribution < 1.29 is 9.59 Å². The topological polar surface area (TPSA) is 75.4 Å². The fourth-order valence-corrected chi connectivity index (χ4v) is 3.36. The van der Waals surface area contributed by atoms with Crippen molar-refractivity contribution in [2.75, 3.05) is 19.6 Å². The number of nitrogens with one attached hydrogen (secondary N) is 1. The summed E-state index contributed by atoms with van der Waals surface area (Å²) in [7, 11) is 0. The third-order valence-electron chi connectivity index (χ3n) is 4.99. The Balaban J connectivity index is 1.68. The number of hydrogen-bond acceptors (Lipinski definition) is 3. The molecule has 0 aromatic carbocycles. The Morgan fingerprint density at radius 3 is 2.68 bits per heavy atom. The predicted molar refractivity (Wildman–Crippen MR) is 87.1 cm³/mol. The lowest BCUT2D eigenvalue weighted by Gasteiger charge is -2.34. The molecule has 1 aliphatic carbocycles. The predicted octanol–water partition coefficient (Wildman–Crippen LogP) is 1.58. The van der Waals surface area contributed by atoms with Gasteiger partial charge >= 0.3 is 0 Å². The second-order valence-corrected chi connectivity index (χ2v) is 6.54. The summed E-state index contributed by atoms with van der Waals surface area (Å²) in [5, 5.41) is 3.05. The van der Waals surface area contributed by atoms with Crippen LogP contribution in [0.1, 0.15) is 51.9 Å². The van der Waals surface area contributed by atoms with Crippen molar-refractivity contribution in [1.29, 1.82) is 0 Å². The second kappa shape index (κ2) is 8.32. The zero-order valence-corrected chi connectivity index (χ0v) is 13.6. The van der Waals surface area contributed by atoms with Gasteiger partial charge in [-0.1, -0.05) is 11.6 Å². The van der Waals surface area contributed by atoms with Gasteiger partial charge in [0.25, 0.3) is 0 Å². The Kier molecular flexibility index (Phi) is 6.43. The Morgan fingerprint density at radius 1 is 1.36 bits per heavy atom. The van der Waals surface area contributed by atoms with Gasteiger partial charge in [-0.05, 0) is 65.0 Å². The Bertz CT molecular complexity index is 426. The van der Waals surface area contributed by atoms with E-state index in [0.29, 0.717) is 0 Å². The molecule has 124 valence electrons. The van der Waals surface area contributed by atoms with Crippen molar-refractivity contribution in [3.05, 3.63) is 11.6 Å². The van der Waals surface area contributed by atoms with E-state index in [-0.39, 0.29) is 23.8 Å². The minimum absolute atomic E-state index is 0.0234. The lowest BCUT2D eigenvalue weighted by atomic mass is 9.95. The summed E-state index contributed by atoms with van der Waals surface area (Å²) < 4.78 is 0. The van der Waals surface area contributed by atoms with Crippen LogP contribution in [0.2, 0.25) is 0 Å². The highest BCUT2D eigenvalue weighted by Crippen LogP contribution is 2.20. The Labute approximate surface area is 133 Å². The number of hydrogen-bond donors (Lipinski definition) is 2. The van der Waals surface area contributed by atoms with Crippen LogP contribution in [0.4, 0.5) is 0 Å². The van der Waals surface area contributed by atoms with Gasteiger partial charge in [0, 0.05) is 12.5 Å². The second-order valence-electron chi connectivity index (χ2n) is 6.54. The fraction of sp³-hybridized carbons (Fsp3) is 0.765. The first-order valence-corrected chi connectivity index (χ1v) is 8.57. The SMILES string of the molecule is CC(C(=O)NCCC1=CCCCC1)N1CCC(C(N)=O)CC1. The van der Waals surface area contributed by atoms with Crippen molar-refractivity contribution in [2.45, 2.75) is 57.9 Å². The number of piperidine rings is 1. The zero-order valence-electron chi connectivity index (χ0n) is 13.6. The van der Waals surface area contributed by atoms with E-state index in [0.717, 1.165) is 38.9 Å². The van der Waals surface area contributed by atoms with Gasteiger partial charge in [-0.3, -0.25) is 14.5 Å². The average Bonchev–Trinajstić information content (AvgIpc) is 2.55. The smallest absolute Gasteiger partial charge is 0.237 e. The molecule has 0 radical (unpaired) electrons. The number of carbonyl (C=O) groups excluding carboxylic acids is 2. The minimum atomic E-state index is -0.211. The van der Waals surface area contributed by atoms with E-state index in [1.165, 1.54) is 31.3 Å². The number of primary amides is 1. The molecule has 1 aliphatic heterocycles. The molecule has 22 heavy (non-hydrogen) atoms. The van der Waals surface area contributed by atoms with E-state index in [1.54, 1.807) is 0 Å². The first kappa shape index (κ1) is 17.0. The van der Waals surface area contributed by atoms with Crippen LogP contribution in [0.5, 0.6) is 0 Å². The van der Waals surface area contributed by atoms with E-state index in [4.69, 9.17) is 5.73 Å². The highest BCUT2D eigenvalue weighted by Gasteiger charge is 2.28. The summed E-state index contributed by atoms with van der Waals surface area (Å²) in [5.41, 5.74) is 6.83. The van der Waals surface area contributed by atoms with Crippen LogP contribution in [-0.2, 0) is 9.59 Å². The normalized spacial score (nSPS) is 22.0. The van der Waals surface area contributed by atoms with Crippen LogP contribution in [0.15, 0.2) is 11.6 Å². The summed E-state index contributed by atoms with van der Waals surface area (Å²) in [6.07, 6.45) is 9.79. The monoisotopic (exact) mass is 307 g/mol. The van der Waals surface area contributed by atoms with E-state index >= 15 is 0 Å². The summed E-state index contributed by atoms with van der Waals surface area (Å²) in [5.74, 6) is -0.142. The maximum Gasteiger partial charge on any atom is 0.237 e. The molecular formula is C17H29N3O2. The molecule has 1 fully saturated rings. The van der Waals surface area contributed by atoms with Gasteiger partial charge in [0.15, 0.2) is 0 Å². The third kappa shape index (κ3) is 4.83. The lowest BCUT2D eigenvalue weighted by molar-refractivity contribution is -0.127. The first-order chi connectivity index (χ1) is 10.6. The van der Waals surface area contributed by atoms with Gasteiger partial charge < -0.3 is 11.1 Å². The number of nitrogens with zero attached hydrogens (tertiary/aromatic N) is 1. The van der Waals surface area contributed by atoms with E-state index in [2.05, 4.69) is 16.3 Å². The van der Waals surface area contributed by atoms with E-state index in [9.17, 15) is 9.59 Å². The van der Waals surface area contributed by atoms with Gasteiger partial charge in [0.1, 0.15) is 0 Å². The van der Waals surface area contributed by atoms with Gasteiger partial charge in [-0.2, -0.15) is 0 Å². The van der Waals surface area contributed by atoms with Crippen LogP contribution in [0.3, 0.4) is 0 Å². The molecule has 0 aromatic heterocycles. The number of nitrogens with two attached hydrogens (primary N) is 1. The third-order valence-corrected chi connectivity index (χ3v) is 4.99. The fourth-order valence-electron chi connectivity index (χ4n) is 3.36. The van der Waals surface area contributed by atoms with E-state index < -0.39 is 0 Å². The number of allylic oxidation sites excluding steroid dienone is 1. The molecule has 0 saturated carbocycles. The Hall–Kier alpha value is -1.36. The van der Waals surface area contributed by atoms with Crippen molar-refractivity contribution >= 4 is 11.8 Å². The van der Waals surface area contributed by atoms with Gasteiger partial charge in [-0.15, -0.1) is 0 Å². The molecule has 5 nitrogen and oxygen atoms in total. The van der Waals surface area contributed by atoms with Crippen molar-refractivity contribution in [3.8, 4) is 0 Å². The molecule has 0 aromatic rings. The van der Waals surface area contributed by atoms with Crippen LogP contribution < -0.4 is 11.1 Å². The molecule has 3 N–H and O–H groups in total. The molecule has 0 bridgehead atoms. The van der Waals surface area contributed by atoms with Gasteiger partial charge in [0.2, 0.25) is 11.8 Å². The number of carbonyl (C=O) groups is 2. The molecule has 2 aliphatic rings. The minimum Gasteiger partial charge on any atom is -0.369 e. The highest BCUT2D eigenvalue weighted by molar-refractivity contribution is 5.81. The molecule has 0 spiro atoms. The van der Waals surface area contributed by atoms with Crippen LogP contribution in [-0.4, -0.2) is 42.4 Å². The molecule has 1 heterocycles. The largest absolute Gasteiger partial charge is 0.369 e. The number of amides is 2. The van der Waals surface area contributed by atoms with Gasteiger partial charge in [-0.25, -0.2) is 0 Å². The summed E-state index contributed by atoms with van der Waals surface area (Å²) >= 11 is 0. The highest BCUT2D eigenvalue weighted by atomic mass is 16.2. The van der Waals surface area contributed by atoms with Gasteiger partial charge in [0.05, 0.1) is 6.04 Å². The van der Waals surface area contributed by atoms with Crippen LogP contribution in [0, 0.1) is 5.92 Å². The maximum atomic E-state index is 12.2. The summed E-state index contributed by atoms with van der Waals surface area (Å²) in [6.45, 7) is 4.22. The lowest BCUT2D eigenvalue weighted by Crippen LogP contribution is -2.49. The van der Waals surface area contributed by atoms with Crippen molar-refractivity contribution in [3.63, 3.8) is 0 Å². The molecule has 1 saturated heterocycles. The van der Waals surface area contributed by atoms with Crippen molar-refractivity contribution in [2.24, 2.45) is 11.7 Å². The van der Waals surface area contributed by atoms with Crippen LogP contribution >= 0.6 is 0 Å². The van der Waals surface area contributed by atoms with Crippen molar-refractivity contribution in [1.82, 2.24) is 10.2 Å². The summed E-state index contributed by atoms with van der Waals surface area (Å²) in [4.78, 5) is 25.6. The summed E-state index contributed by atoms with van der Waals surface area (Å²) in [6, 6.07) is -0.130. The zero-order chi connectivity index (χ0) is 15.9. The molecule has 1 unspecified atom stereocenters. The van der Waals surface area contributed by atoms with Crippen LogP contribution in [0.25, 0.3) is 0 Å². The standard InChI is InChI=1S/C17H29N3O2/c1-13(20-11-8-15(9-12-20)16(18)21)17(22)19-10-7-14-5-3-2-4-6-14/h5,13,15H,2-4,6-12H2,1H3,(H2,18,21)(H,19,22). The number of likely N-dealkylation sites (tertiary alicyclic amines) is 1. The van der Waals surface area contributed by atoms with E-state index in [1.807, 2.05) is 6.92 Å². The molecule has 5 heteroatoms. The molecular weight excluding hydrogens is 278 g/mol. The maximum absolute atomic E-state index is 12.2. The quantitative estimate of drug-likeness (QED) is 0.732. The molecule has 1 atom stereocenters. The average molecular weight is 307 g/mol. The first-order valence-electron chi connectivity index (χ1n) is 8.57.